The van der Waals surface area contributed by atoms with E-state index in [1.807, 2.05) is 6.07 Å². The second-order valence-corrected chi connectivity index (χ2v) is 3.31. The molecule has 2 nitrogen and oxygen atoms in total. The van der Waals surface area contributed by atoms with Crippen molar-refractivity contribution in [3.63, 3.8) is 0 Å². The maximum Gasteiger partial charge on any atom is 0.419 e. The van der Waals surface area contributed by atoms with Gasteiger partial charge < -0.3 is 4.74 Å². The van der Waals surface area contributed by atoms with E-state index in [0.29, 0.717) is 5.56 Å². The lowest BCUT2D eigenvalue weighted by molar-refractivity contribution is -0.138. The normalized spacial score (nSPS) is 13.0. The molecule has 1 rings (SSSR count). The zero-order valence-electron chi connectivity index (χ0n) is 8.80. The van der Waals surface area contributed by atoms with Gasteiger partial charge in [-0.2, -0.15) is 18.4 Å². The summed E-state index contributed by atoms with van der Waals surface area (Å²) >= 11 is 0. The van der Waals surface area contributed by atoms with Crippen LogP contribution in [0.4, 0.5) is 13.2 Å². The standard InChI is InChI=1S/C11H10F3NO/c1-7(6-15)8-3-4-9(11(12,13)14)10(5-8)16-2/h3-5,7H,1-2H3. The van der Waals surface area contributed by atoms with E-state index >= 15 is 0 Å². The number of rotatable bonds is 2. The third-order valence-electron chi connectivity index (χ3n) is 2.22. The molecule has 0 aliphatic carbocycles. The van der Waals surface area contributed by atoms with Crippen LogP contribution in [0.2, 0.25) is 0 Å². The maximum atomic E-state index is 12.5. The largest absolute Gasteiger partial charge is 0.496 e. The first-order valence-corrected chi connectivity index (χ1v) is 4.55. The van der Waals surface area contributed by atoms with Gasteiger partial charge in [0.2, 0.25) is 0 Å². The van der Waals surface area contributed by atoms with Gasteiger partial charge in [0.15, 0.2) is 0 Å². The molecule has 0 fully saturated rings. The molecule has 0 aliphatic rings. The van der Waals surface area contributed by atoms with Crippen molar-refractivity contribution in [2.24, 2.45) is 0 Å². The quantitative estimate of drug-likeness (QED) is 0.779. The van der Waals surface area contributed by atoms with Gasteiger partial charge >= 0.3 is 6.18 Å². The van der Waals surface area contributed by atoms with Gasteiger partial charge in [-0.3, -0.25) is 0 Å². The number of halogens is 3. The van der Waals surface area contributed by atoms with Crippen molar-refractivity contribution in [3.8, 4) is 11.8 Å². The maximum absolute atomic E-state index is 12.5. The van der Waals surface area contributed by atoms with Crippen molar-refractivity contribution in [1.29, 1.82) is 5.26 Å². The smallest absolute Gasteiger partial charge is 0.419 e. The van der Waals surface area contributed by atoms with E-state index in [-0.39, 0.29) is 5.75 Å². The molecule has 0 bridgehead atoms. The van der Waals surface area contributed by atoms with Crippen molar-refractivity contribution in [3.05, 3.63) is 29.3 Å². The SMILES string of the molecule is COc1cc(C(C)C#N)ccc1C(F)(F)F. The minimum atomic E-state index is -4.44. The van der Waals surface area contributed by atoms with Crippen LogP contribution in [-0.2, 0) is 6.18 Å². The van der Waals surface area contributed by atoms with E-state index in [1.54, 1.807) is 6.92 Å². The zero-order chi connectivity index (χ0) is 12.3. The first-order chi connectivity index (χ1) is 7.40. The summed E-state index contributed by atoms with van der Waals surface area (Å²) in [7, 11) is 1.17. The molecule has 1 unspecified atom stereocenters. The van der Waals surface area contributed by atoms with Crippen LogP contribution >= 0.6 is 0 Å². The van der Waals surface area contributed by atoms with Gasteiger partial charge in [0.25, 0.3) is 0 Å². The molecule has 0 radical (unpaired) electrons. The highest BCUT2D eigenvalue weighted by molar-refractivity contribution is 5.41. The Kier molecular flexibility index (Phi) is 3.43. The highest BCUT2D eigenvalue weighted by Gasteiger charge is 2.34. The van der Waals surface area contributed by atoms with Crippen molar-refractivity contribution in [2.75, 3.05) is 7.11 Å². The number of nitriles is 1. The summed E-state index contributed by atoms with van der Waals surface area (Å²) in [6.45, 7) is 1.61. The summed E-state index contributed by atoms with van der Waals surface area (Å²) in [6, 6.07) is 5.42. The molecule has 0 amide bonds. The molecule has 0 N–H and O–H groups in total. The van der Waals surface area contributed by atoms with Crippen molar-refractivity contribution in [1.82, 2.24) is 0 Å². The summed E-state index contributed by atoms with van der Waals surface area (Å²) < 4.78 is 42.2. The molecular formula is C11H10F3NO. The first-order valence-electron chi connectivity index (χ1n) is 4.55. The number of ether oxygens (including phenoxy) is 1. The van der Waals surface area contributed by atoms with Gasteiger partial charge in [-0.1, -0.05) is 6.07 Å². The Morgan fingerprint density at radius 2 is 2.00 bits per heavy atom. The Labute approximate surface area is 91.3 Å². The van der Waals surface area contributed by atoms with Gasteiger partial charge in [-0.25, -0.2) is 0 Å². The van der Waals surface area contributed by atoms with Crippen LogP contribution in [0.15, 0.2) is 18.2 Å². The average Bonchev–Trinajstić information content (AvgIpc) is 2.25. The van der Waals surface area contributed by atoms with Crippen LogP contribution in [0.1, 0.15) is 24.0 Å². The summed E-state index contributed by atoms with van der Waals surface area (Å²) in [5, 5.41) is 8.67. The lowest BCUT2D eigenvalue weighted by Gasteiger charge is -2.13. The number of benzene rings is 1. The molecule has 0 aromatic heterocycles. The van der Waals surface area contributed by atoms with E-state index in [1.165, 1.54) is 19.2 Å². The van der Waals surface area contributed by atoms with Gasteiger partial charge in [0.05, 0.1) is 24.7 Å². The molecule has 0 heterocycles. The number of alkyl halides is 3. The van der Waals surface area contributed by atoms with Crippen LogP contribution in [0, 0.1) is 11.3 Å². The van der Waals surface area contributed by atoms with Crippen LogP contribution in [0.25, 0.3) is 0 Å². The highest BCUT2D eigenvalue weighted by Crippen LogP contribution is 2.37. The molecule has 1 aromatic carbocycles. The number of hydrogen-bond donors (Lipinski definition) is 0. The van der Waals surface area contributed by atoms with Gasteiger partial charge in [-0.05, 0) is 24.6 Å². The Morgan fingerprint density at radius 1 is 1.38 bits per heavy atom. The fraction of sp³-hybridized carbons (Fsp3) is 0.364. The Balaban J connectivity index is 3.23. The van der Waals surface area contributed by atoms with E-state index in [9.17, 15) is 13.2 Å². The Morgan fingerprint density at radius 3 is 2.44 bits per heavy atom. The topological polar surface area (TPSA) is 33.0 Å². The zero-order valence-corrected chi connectivity index (χ0v) is 8.80. The monoisotopic (exact) mass is 229 g/mol. The predicted molar refractivity (Wildman–Crippen MR) is 52.0 cm³/mol. The summed E-state index contributed by atoms with van der Waals surface area (Å²) in [4.78, 5) is 0. The average molecular weight is 229 g/mol. The number of nitrogens with zero attached hydrogens (tertiary/aromatic N) is 1. The molecular weight excluding hydrogens is 219 g/mol. The third kappa shape index (κ3) is 2.45. The van der Waals surface area contributed by atoms with E-state index < -0.39 is 17.7 Å². The minimum absolute atomic E-state index is 0.257. The van der Waals surface area contributed by atoms with Crippen LogP contribution < -0.4 is 4.74 Å². The minimum Gasteiger partial charge on any atom is -0.496 e. The van der Waals surface area contributed by atoms with Crippen LogP contribution in [-0.4, -0.2) is 7.11 Å². The second-order valence-electron chi connectivity index (χ2n) is 3.31. The number of hydrogen-bond acceptors (Lipinski definition) is 2. The third-order valence-corrected chi connectivity index (χ3v) is 2.22. The molecule has 86 valence electrons. The predicted octanol–water partition coefficient (Wildman–Crippen LogP) is 3.34. The summed E-state index contributed by atoms with van der Waals surface area (Å²) in [6.07, 6.45) is -4.44. The lowest BCUT2D eigenvalue weighted by Crippen LogP contribution is -2.08. The molecule has 16 heavy (non-hydrogen) atoms. The molecule has 0 saturated heterocycles. The molecule has 1 aromatic rings. The van der Waals surface area contributed by atoms with Crippen molar-refractivity contribution >= 4 is 0 Å². The second kappa shape index (κ2) is 4.44. The Hall–Kier alpha value is -1.70. The summed E-state index contributed by atoms with van der Waals surface area (Å²) in [5.74, 6) is -0.719. The van der Waals surface area contributed by atoms with Gasteiger partial charge in [-0.15, -0.1) is 0 Å². The Bertz CT molecular complexity index is 420. The first kappa shape index (κ1) is 12.4. The molecule has 5 heteroatoms. The fourth-order valence-corrected chi connectivity index (χ4v) is 1.29. The summed E-state index contributed by atoms with van der Waals surface area (Å²) in [5.41, 5.74) is -0.323. The van der Waals surface area contributed by atoms with Crippen molar-refractivity contribution in [2.45, 2.75) is 19.0 Å². The highest BCUT2D eigenvalue weighted by atomic mass is 19.4. The molecule has 0 aliphatic heterocycles. The van der Waals surface area contributed by atoms with E-state index in [0.717, 1.165) is 6.07 Å². The molecule has 0 spiro atoms. The van der Waals surface area contributed by atoms with Crippen LogP contribution in [0.5, 0.6) is 5.75 Å². The van der Waals surface area contributed by atoms with Crippen LogP contribution in [0.3, 0.4) is 0 Å². The fourth-order valence-electron chi connectivity index (χ4n) is 1.29. The van der Waals surface area contributed by atoms with E-state index in [4.69, 9.17) is 5.26 Å². The molecule has 1 atom stereocenters. The lowest BCUT2D eigenvalue weighted by atomic mass is 10.0. The number of methoxy groups -OCH3 is 1. The van der Waals surface area contributed by atoms with Gasteiger partial charge in [0, 0.05) is 0 Å². The molecule has 0 saturated carbocycles. The van der Waals surface area contributed by atoms with Gasteiger partial charge in [0.1, 0.15) is 5.75 Å². The van der Waals surface area contributed by atoms with Crippen molar-refractivity contribution < 1.29 is 17.9 Å². The van der Waals surface area contributed by atoms with E-state index in [2.05, 4.69) is 4.74 Å².